The molecule has 5 heteroatoms. The molecule has 0 aliphatic carbocycles. The third-order valence-corrected chi connectivity index (χ3v) is 3.14. The molecule has 1 aromatic rings. The second-order valence-corrected chi connectivity index (χ2v) is 4.58. The summed E-state index contributed by atoms with van der Waals surface area (Å²) in [6.07, 6.45) is 0.385. The van der Waals surface area contributed by atoms with Crippen molar-refractivity contribution in [1.29, 1.82) is 0 Å². The SMILES string of the molecule is CCCOC(=O)N1CC(CC(=O)O)c2ccccc21. The van der Waals surface area contributed by atoms with Gasteiger partial charge in [0.15, 0.2) is 0 Å². The van der Waals surface area contributed by atoms with Gasteiger partial charge < -0.3 is 9.84 Å². The Labute approximate surface area is 111 Å². The van der Waals surface area contributed by atoms with E-state index in [1.807, 2.05) is 31.2 Å². The summed E-state index contributed by atoms with van der Waals surface area (Å²) in [6, 6.07) is 7.39. The van der Waals surface area contributed by atoms with Crippen LogP contribution in [0.25, 0.3) is 0 Å². The van der Waals surface area contributed by atoms with Crippen molar-refractivity contribution in [2.24, 2.45) is 0 Å². The topological polar surface area (TPSA) is 66.8 Å². The molecule has 1 heterocycles. The van der Waals surface area contributed by atoms with Gasteiger partial charge >= 0.3 is 12.1 Å². The molecule has 1 amide bonds. The lowest BCUT2D eigenvalue weighted by atomic mass is 9.98. The first-order valence-electron chi connectivity index (χ1n) is 6.38. The third kappa shape index (κ3) is 2.86. The van der Waals surface area contributed by atoms with Gasteiger partial charge in [0.25, 0.3) is 0 Å². The van der Waals surface area contributed by atoms with E-state index in [9.17, 15) is 9.59 Å². The Hall–Kier alpha value is -2.04. The zero-order chi connectivity index (χ0) is 13.8. The Morgan fingerprint density at radius 3 is 2.84 bits per heavy atom. The molecular weight excluding hydrogens is 246 g/mol. The first kappa shape index (κ1) is 13.4. The molecule has 1 N–H and O–H groups in total. The summed E-state index contributed by atoms with van der Waals surface area (Å²) >= 11 is 0. The number of ether oxygens (including phenoxy) is 1. The maximum Gasteiger partial charge on any atom is 0.414 e. The molecule has 1 aliphatic rings. The Balaban J connectivity index is 2.20. The first-order chi connectivity index (χ1) is 9.13. The molecule has 1 unspecified atom stereocenters. The van der Waals surface area contributed by atoms with E-state index in [0.29, 0.717) is 13.2 Å². The molecule has 0 saturated carbocycles. The van der Waals surface area contributed by atoms with Gasteiger partial charge in [-0.1, -0.05) is 25.1 Å². The van der Waals surface area contributed by atoms with Gasteiger partial charge in [0.05, 0.1) is 18.7 Å². The van der Waals surface area contributed by atoms with Crippen LogP contribution in [0.5, 0.6) is 0 Å². The van der Waals surface area contributed by atoms with Crippen LogP contribution in [0.4, 0.5) is 10.5 Å². The highest BCUT2D eigenvalue weighted by Gasteiger charge is 2.33. The van der Waals surface area contributed by atoms with E-state index in [1.54, 1.807) is 0 Å². The smallest absolute Gasteiger partial charge is 0.414 e. The molecule has 0 radical (unpaired) electrons. The second-order valence-electron chi connectivity index (χ2n) is 4.58. The Morgan fingerprint density at radius 1 is 1.42 bits per heavy atom. The number of benzene rings is 1. The van der Waals surface area contributed by atoms with E-state index in [0.717, 1.165) is 17.7 Å². The largest absolute Gasteiger partial charge is 0.481 e. The van der Waals surface area contributed by atoms with E-state index in [2.05, 4.69) is 0 Å². The van der Waals surface area contributed by atoms with Crippen molar-refractivity contribution >= 4 is 17.7 Å². The highest BCUT2D eigenvalue weighted by Crippen LogP contribution is 2.38. The average molecular weight is 263 g/mol. The fourth-order valence-electron chi connectivity index (χ4n) is 2.32. The molecule has 102 valence electrons. The van der Waals surface area contributed by atoms with Gasteiger partial charge in [-0.05, 0) is 18.1 Å². The van der Waals surface area contributed by atoms with E-state index >= 15 is 0 Å². The molecule has 0 aromatic heterocycles. The highest BCUT2D eigenvalue weighted by atomic mass is 16.6. The molecule has 2 rings (SSSR count). The second kappa shape index (κ2) is 5.73. The van der Waals surface area contributed by atoms with Crippen molar-refractivity contribution in [3.8, 4) is 0 Å². The van der Waals surface area contributed by atoms with Gasteiger partial charge in [-0.2, -0.15) is 0 Å². The summed E-state index contributed by atoms with van der Waals surface area (Å²) in [5.41, 5.74) is 1.66. The monoisotopic (exact) mass is 263 g/mol. The molecule has 1 atom stereocenters. The van der Waals surface area contributed by atoms with Crippen LogP contribution >= 0.6 is 0 Å². The minimum atomic E-state index is -0.858. The lowest BCUT2D eigenvalue weighted by molar-refractivity contribution is -0.137. The number of aliphatic carboxylic acids is 1. The predicted octanol–water partition coefficient (Wildman–Crippen LogP) is 2.61. The Morgan fingerprint density at radius 2 is 2.16 bits per heavy atom. The van der Waals surface area contributed by atoms with E-state index in [4.69, 9.17) is 9.84 Å². The summed E-state index contributed by atoms with van der Waals surface area (Å²) in [4.78, 5) is 24.4. The Bertz CT molecular complexity index is 486. The number of rotatable bonds is 4. The van der Waals surface area contributed by atoms with Crippen LogP contribution in [-0.2, 0) is 9.53 Å². The number of anilines is 1. The van der Waals surface area contributed by atoms with Crippen LogP contribution in [0, 0.1) is 0 Å². The molecule has 5 nitrogen and oxygen atoms in total. The standard InChI is InChI=1S/C14H17NO4/c1-2-7-19-14(18)15-9-10(8-13(16)17)11-5-3-4-6-12(11)15/h3-6,10H,2,7-9H2,1H3,(H,16,17). The van der Waals surface area contributed by atoms with Crippen LogP contribution in [0.3, 0.4) is 0 Å². The number of amides is 1. The number of carboxylic acid groups (broad SMARTS) is 1. The van der Waals surface area contributed by atoms with Crippen molar-refractivity contribution < 1.29 is 19.4 Å². The van der Waals surface area contributed by atoms with E-state index in [1.165, 1.54) is 4.90 Å². The van der Waals surface area contributed by atoms with Crippen molar-refractivity contribution in [2.75, 3.05) is 18.1 Å². The number of hydrogen-bond acceptors (Lipinski definition) is 3. The lowest BCUT2D eigenvalue weighted by Gasteiger charge is -2.17. The van der Waals surface area contributed by atoms with Gasteiger partial charge in [-0.3, -0.25) is 9.69 Å². The van der Waals surface area contributed by atoms with Crippen LogP contribution in [0.15, 0.2) is 24.3 Å². The maximum atomic E-state index is 12.0. The summed E-state index contributed by atoms with van der Waals surface area (Å²) in [5, 5.41) is 8.93. The third-order valence-electron chi connectivity index (χ3n) is 3.14. The van der Waals surface area contributed by atoms with Gasteiger partial charge in [0, 0.05) is 12.5 Å². The molecule has 0 spiro atoms. The van der Waals surface area contributed by atoms with Crippen LogP contribution in [-0.4, -0.2) is 30.3 Å². The minimum Gasteiger partial charge on any atom is -0.481 e. The highest BCUT2D eigenvalue weighted by molar-refractivity contribution is 5.91. The number of para-hydroxylation sites is 1. The van der Waals surface area contributed by atoms with Gasteiger partial charge in [-0.15, -0.1) is 0 Å². The summed E-state index contributed by atoms with van der Waals surface area (Å²) in [7, 11) is 0. The molecule has 19 heavy (non-hydrogen) atoms. The van der Waals surface area contributed by atoms with Crippen LogP contribution < -0.4 is 4.90 Å². The van der Waals surface area contributed by atoms with Gasteiger partial charge in [-0.25, -0.2) is 4.79 Å². The minimum absolute atomic E-state index is 0.0224. The lowest BCUT2D eigenvalue weighted by Crippen LogP contribution is -2.31. The number of carbonyl (C=O) groups is 2. The normalized spacial score (nSPS) is 17.1. The quantitative estimate of drug-likeness (QED) is 0.906. The summed E-state index contributed by atoms with van der Waals surface area (Å²) < 4.78 is 5.12. The van der Waals surface area contributed by atoms with Crippen molar-refractivity contribution in [3.05, 3.63) is 29.8 Å². The summed E-state index contributed by atoms with van der Waals surface area (Å²) in [6.45, 7) is 2.67. The molecule has 1 aliphatic heterocycles. The zero-order valence-electron chi connectivity index (χ0n) is 10.8. The molecule has 0 bridgehead atoms. The molecule has 0 fully saturated rings. The molecular formula is C14H17NO4. The maximum absolute atomic E-state index is 12.0. The van der Waals surface area contributed by atoms with Gasteiger partial charge in [0.2, 0.25) is 0 Å². The molecule has 1 aromatic carbocycles. The predicted molar refractivity (Wildman–Crippen MR) is 70.4 cm³/mol. The Kier molecular flexibility index (Phi) is 4.04. The first-order valence-corrected chi connectivity index (χ1v) is 6.38. The van der Waals surface area contributed by atoms with Crippen molar-refractivity contribution in [3.63, 3.8) is 0 Å². The number of carbonyl (C=O) groups excluding carboxylic acids is 1. The van der Waals surface area contributed by atoms with Crippen molar-refractivity contribution in [1.82, 2.24) is 0 Å². The van der Waals surface area contributed by atoms with Crippen LogP contribution in [0.1, 0.15) is 31.2 Å². The van der Waals surface area contributed by atoms with Gasteiger partial charge in [0.1, 0.15) is 0 Å². The zero-order valence-corrected chi connectivity index (χ0v) is 10.8. The van der Waals surface area contributed by atoms with E-state index in [-0.39, 0.29) is 12.3 Å². The number of hydrogen-bond donors (Lipinski definition) is 1. The van der Waals surface area contributed by atoms with E-state index < -0.39 is 12.1 Å². The molecule has 0 saturated heterocycles. The number of nitrogens with zero attached hydrogens (tertiary/aromatic N) is 1. The average Bonchev–Trinajstić information content (AvgIpc) is 2.75. The van der Waals surface area contributed by atoms with Crippen molar-refractivity contribution in [2.45, 2.75) is 25.7 Å². The fourth-order valence-corrected chi connectivity index (χ4v) is 2.32. The summed E-state index contributed by atoms with van der Waals surface area (Å²) in [5.74, 6) is -1.02. The number of fused-ring (bicyclic) bond motifs is 1. The number of carboxylic acids is 1. The fraction of sp³-hybridized carbons (Fsp3) is 0.429. The van der Waals surface area contributed by atoms with Crippen LogP contribution in [0.2, 0.25) is 0 Å².